The lowest BCUT2D eigenvalue weighted by Crippen LogP contribution is -2.40. The van der Waals surface area contributed by atoms with Crippen LogP contribution in [0.15, 0.2) is 24.3 Å². The number of rotatable bonds is 5. The molecule has 4 rings (SSSR count). The molecule has 2 heterocycles. The molecule has 1 N–H and O–H groups in total. The van der Waals surface area contributed by atoms with Crippen LogP contribution in [0.25, 0.3) is 0 Å². The normalized spacial score (nSPS) is 31.2. The van der Waals surface area contributed by atoms with E-state index in [1.807, 2.05) is 24.0 Å². The molecule has 0 spiro atoms. The lowest BCUT2D eigenvalue weighted by Gasteiger charge is -2.19. The van der Waals surface area contributed by atoms with E-state index in [1.54, 1.807) is 0 Å². The Hall–Kier alpha value is -1.75. The first-order valence-corrected chi connectivity index (χ1v) is 9.60. The summed E-state index contributed by atoms with van der Waals surface area (Å²) in [5.74, 6) is 2.62. The molecule has 136 valence electrons. The van der Waals surface area contributed by atoms with Crippen LogP contribution < -0.4 is 10.1 Å². The molecule has 1 saturated carbocycles. The van der Waals surface area contributed by atoms with Gasteiger partial charge in [0.15, 0.2) is 0 Å². The highest BCUT2D eigenvalue weighted by Crippen LogP contribution is 2.41. The van der Waals surface area contributed by atoms with E-state index < -0.39 is 0 Å². The monoisotopic (exact) mass is 344 g/mol. The van der Waals surface area contributed by atoms with Gasteiger partial charge in [-0.1, -0.05) is 12.1 Å². The molecular formula is C20H28N2O3. The number of likely N-dealkylation sites (tertiary alicyclic amines) is 1. The maximum atomic E-state index is 12.5. The number of ether oxygens (including phenoxy) is 2. The van der Waals surface area contributed by atoms with Crippen LogP contribution in [0, 0.1) is 11.8 Å². The second-order valence-electron chi connectivity index (χ2n) is 7.52. The Kier molecular flexibility index (Phi) is 4.84. The van der Waals surface area contributed by atoms with Gasteiger partial charge in [-0.2, -0.15) is 0 Å². The Bertz CT molecular complexity index is 597. The van der Waals surface area contributed by atoms with Gasteiger partial charge >= 0.3 is 6.03 Å². The third-order valence-corrected chi connectivity index (χ3v) is 5.86. The van der Waals surface area contributed by atoms with Crippen LogP contribution in [0.4, 0.5) is 4.79 Å². The van der Waals surface area contributed by atoms with Gasteiger partial charge in [0.2, 0.25) is 0 Å². The summed E-state index contributed by atoms with van der Waals surface area (Å²) >= 11 is 0. The Labute approximate surface area is 149 Å². The smallest absolute Gasteiger partial charge is 0.317 e. The number of nitrogens with zero attached hydrogens (tertiary/aromatic N) is 1. The molecule has 3 fully saturated rings. The number of nitrogens with one attached hydrogen (secondary N) is 1. The van der Waals surface area contributed by atoms with Crippen molar-refractivity contribution in [2.75, 3.05) is 32.9 Å². The SMILES string of the molecule is CCOc1ccc([C@@H]2C[C@H]2NC(=O)N2CC[C@@H]([C@@H]3CCOC3)C2)cc1. The highest BCUT2D eigenvalue weighted by molar-refractivity contribution is 5.75. The van der Waals surface area contributed by atoms with Crippen LogP contribution in [0.3, 0.4) is 0 Å². The number of hydrogen-bond acceptors (Lipinski definition) is 3. The summed E-state index contributed by atoms with van der Waals surface area (Å²) in [6, 6.07) is 8.66. The summed E-state index contributed by atoms with van der Waals surface area (Å²) in [5.41, 5.74) is 1.29. The lowest BCUT2D eigenvalue weighted by molar-refractivity contribution is 0.170. The van der Waals surface area contributed by atoms with Crippen molar-refractivity contribution in [3.63, 3.8) is 0 Å². The predicted molar refractivity (Wildman–Crippen MR) is 95.9 cm³/mol. The van der Waals surface area contributed by atoms with E-state index in [0.717, 1.165) is 51.3 Å². The summed E-state index contributed by atoms with van der Waals surface area (Å²) in [6.07, 6.45) is 3.31. The van der Waals surface area contributed by atoms with Gasteiger partial charge in [-0.25, -0.2) is 4.79 Å². The second kappa shape index (κ2) is 7.24. The number of carbonyl (C=O) groups excluding carboxylic acids is 1. The minimum absolute atomic E-state index is 0.111. The largest absolute Gasteiger partial charge is 0.494 e. The third kappa shape index (κ3) is 3.76. The predicted octanol–water partition coefficient (Wildman–Crippen LogP) is 3.01. The van der Waals surface area contributed by atoms with Crippen molar-refractivity contribution in [2.45, 2.75) is 38.1 Å². The van der Waals surface area contributed by atoms with E-state index in [0.29, 0.717) is 24.4 Å². The zero-order valence-electron chi connectivity index (χ0n) is 14.9. The molecule has 5 heteroatoms. The molecule has 25 heavy (non-hydrogen) atoms. The molecule has 2 aliphatic heterocycles. The zero-order chi connectivity index (χ0) is 17.2. The summed E-state index contributed by atoms with van der Waals surface area (Å²) in [4.78, 5) is 14.5. The molecule has 4 atom stereocenters. The lowest BCUT2D eigenvalue weighted by atomic mass is 9.91. The minimum Gasteiger partial charge on any atom is -0.494 e. The van der Waals surface area contributed by atoms with Crippen LogP contribution in [-0.2, 0) is 4.74 Å². The van der Waals surface area contributed by atoms with Gasteiger partial charge < -0.3 is 19.7 Å². The summed E-state index contributed by atoms with van der Waals surface area (Å²) in [5, 5.41) is 3.22. The number of hydrogen-bond donors (Lipinski definition) is 1. The second-order valence-corrected chi connectivity index (χ2v) is 7.52. The molecular weight excluding hydrogens is 316 g/mol. The van der Waals surface area contributed by atoms with Crippen molar-refractivity contribution in [1.82, 2.24) is 10.2 Å². The van der Waals surface area contributed by atoms with Gasteiger partial charge in [-0.3, -0.25) is 0 Å². The third-order valence-electron chi connectivity index (χ3n) is 5.86. The first-order chi connectivity index (χ1) is 12.2. The summed E-state index contributed by atoms with van der Waals surface area (Å²) in [7, 11) is 0. The standard InChI is InChI=1S/C20H28N2O3/c1-2-25-17-5-3-14(4-6-17)18-11-19(18)21-20(23)22-9-7-15(12-22)16-8-10-24-13-16/h3-6,15-16,18-19H,2,7-13H2,1H3,(H,21,23)/t15-,16-,18+,19-/m1/s1. The number of benzene rings is 1. The van der Waals surface area contributed by atoms with Crippen molar-refractivity contribution in [3.05, 3.63) is 29.8 Å². The summed E-state index contributed by atoms with van der Waals surface area (Å²) in [6.45, 7) is 6.21. The first kappa shape index (κ1) is 16.7. The van der Waals surface area contributed by atoms with Gasteiger partial charge in [0.1, 0.15) is 5.75 Å². The molecule has 0 unspecified atom stereocenters. The Balaban J connectivity index is 1.25. The molecule has 1 aliphatic carbocycles. The van der Waals surface area contributed by atoms with Crippen LogP contribution in [0.2, 0.25) is 0 Å². The maximum Gasteiger partial charge on any atom is 0.317 e. The number of urea groups is 1. The van der Waals surface area contributed by atoms with Crippen LogP contribution in [0.1, 0.15) is 37.7 Å². The Morgan fingerprint density at radius 2 is 2.12 bits per heavy atom. The van der Waals surface area contributed by atoms with Crippen LogP contribution in [-0.4, -0.2) is 49.9 Å². The molecule has 5 nitrogen and oxygen atoms in total. The van der Waals surface area contributed by atoms with Crippen molar-refractivity contribution in [1.29, 1.82) is 0 Å². The van der Waals surface area contributed by atoms with Gasteiger partial charge in [-0.15, -0.1) is 0 Å². The van der Waals surface area contributed by atoms with Gasteiger partial charge in [0, 0.05) is 38.3 Å². The molecule has 0 radical (unpaired) electrons. The topological polar surface area (TPSA) is 50.8 Å². The molecule has 1 aromatic carbocycles. The maximum absolute atomic E-state index is 12.5. The highest BCUT2D eigenvalue weighted by Gasteiger charge is 2.41. The number of amides is 2. The quantitative estimate of drug-likeness (QED) is 0.893. The number of carbonyl (C=O) groups is 1. The molecule has 0 aromatic heterocycles. The van der Waals surface area contributed by atoms with Crippen molar-refractivity contribution < 1.29 is 14.3 Å². The molecule has 1 aromatic rings. The molecule has 2 saturated heterocycles. The van der Waals surface area contributed by atoms with Crippen molar-refractivity contribution >= 4 is 6.03 Å². The van der Waals surface area contributed by atoms with E-state index in [-0.39, 0.29) is 12.1 Å². The minimum atomic E-state index is 0.111. The van der Waals surface area contributed by atoms with E-state index in [2.05, 4.69) is 17.4 Å². The molecule has 0 bridgehead atoms. The Morgan fingerprint density at radius 3 is 2.84 bits per heavy atom. The average Bonchev–Trinajstić information content (AvgIpc) is 3.06. The van der Waals surface area contributed by atoms with Gasteiger partial charge in [0.05, 0.1) is 6.61 Å². The first-order valence-electron chi connectivity index (χ1n) is 9.60. The van der Waals surface area contributed by atoms with Crippen LogP contribution in [0.5, 0.6) is 5.75 Å². The summed E-state index contributed by atoms with van der Waals surface area (Å²) < 4.78 is 11.0. The van der Waals surface area contributed by atoms with E-state index in [9.17, 15) is 4.79 Å². The van der Waals surface area contributed by atoms with Crippen molar-refractivity contribution in [3.8, 4) is 5.75 Å². The Morgan fingerprint density at radius 1 is 1.28 bits per heavy atom. The van der Waals surface area contributed by atoms with Crippen molar-refractivity contribution in [2.24, 2.45) is 11.8 Å². The van der Waals surface area contributed by atoms with Crippen LogP contribution >= 0.6 is 0 Å². The zero-order valence-corrected chi connectivity index (χ0v) is 14.9. The fraction of sp³-hybridized carbons (Fsp3) is 0.650. The van der Waals surface area contributed by atoms with E-state index in [4.69, 9.17) is 9.47 Å². The molecule has 3 aliphatic rings. The molecule has 2 amide bonds. The highest BCUT2D eigenvalue weighted by atomic mass is 16.5. The fourth-order valence-electron chi connectivity index (χ4n) is 4.23. The van der Waals surface area contributed by atoms with E-state index >= 15 is 0 Å². The fourth-order valence-corrected chi connectivity index (χ4v) is 4.23. The van der Waals surface area contributed by atoms with E-state index in [1.165, 1.54) is 5.56 Å². The van der Waals surface area contributed by atoms with Gasteiger partial charge in [-0.05, 0) is 55.7 Å². The average molecular weight is 344 g/mol. The van der Waals surface area contributed by atoms with Gasteiger partial charge in [0.25, 0.3) is 0 Å².